The van der Waals surface area contributed by atoms with Crippen LogP contribution in [0.1, 0.15) is 28.8 Å². The Morgan fingerprint density at radius 3 is 2.63 bits per heavy atom. The normalized spacial score (nSPS) is 17.0. The number of carbonyl (C=O) groups is 1. The van der Waals surface area contributed by atoms with Crippen LogP contribution in [0.15, 0.2) is 47.4 Å². The van der Waals surface area contributed by atoms with Gasteiger partial charge in [-0.1, -0.05) is 29.3 Å². The molecule has 0 aliphatic carbocycles. The second-order valence-corrected chi connectivity index (χ2v) is 9.55. The molecule has 1 fully saturated rings. The van der Waals surface area contributed by atoms with Gasteiger partial charge in [0.2, 0.25) is 10.0 Å². The molecule has 160 valence electrons. The minimum absolute atomic E-state index is 0.0229. The van der Waals surface area contributed by atoms with Gasteiger partial charge in [-0.2, -0.15) is 0 Å². The van der Waals surface area contributed by atoms with Crippen molar-refractivity contribution in [1.82, 2.24) is 9.62 Å². The Labute approximate surface area is 180 Å². The molecule has 1 aliphatic rings. The quantitative estimate of drug-likeness (QED) is 0.534. The predicted octanol–water partition coefficient (Wildman–Crippen LogP) is 3.39. The van der Waals surface area contributed by atoms with Crippen molar-refractivity contribution in [3.8, 4) is 0 Å². The molecule has 0 saturated carbocycles. The Morgan fingerprint density at radius 1 is 1.27 bits per heavy atom. The van der Waals surface area contributed by atoms with E-state index >= 15 is 0 Å². The molecule has 1 heterocycles. The van der Waals surface area contributed by atoms with Crippen molar-refractivity contribution in [2.24, 2.45) is 5.92 Å². The third-order valence-electron chi connectivity index (χ3n) is 5.09. The first kappa shape index (κ1) is 22.2. The number of halogens is 1. The molecular formula is C20H22ClN3O5S. The number of amides is 1. The maximum Gasteiger partial charge on any atom is 0.283 e. The van der Waals surface area contributed by atoms with Crippen molar-refractivity contribution in [1.29, 1.82) is 0 Å². The van der Waals surface area contributed by atoms with Crippen LogP contribution in [0.2, 0.25) is 5.02 Å². The number of nitrogens with one attached hydrogen (secondary N) is 1. The van der Waals surface area contributed by atoms with Crippen molar-refractivity contribution < 1.29 is 18.1 Å². The zero-order chi connectivity index (χ0) is 21.9. The number of rotatable bonds is 6. The summed E-state index contributed by atoms with van der Waals surface area (Å²) in [6.45, 7) is 2.83. The number of carbonyl (C=O) groups excluding carboxylic acids is 1. The Hall–Kier alpha value is -2.49. The fourth-order valence-electron chi connectivity index (χ4n) is 3.45. The molecule has 1 N–H and O–H groups in total. The van der Waals surface area contributed by atoms with Crippen LogP contribution in [0.3, 0.4) is 0 Å². The zero-order valence-corrected chi connectivity index (χ0v) is 17.9. The molecule has 10 heteroatoms. The fourth-order valence-corrected chi connectivity index (χ4v) is 4.73. The van der Waals surface area contributed by atoms with Gasteiger partial charge in [-0.15, -0.1) is 0 Å². The van der Waals surface area contributed by atoms with Gasteiger partial charge in [0.15, 0.2) is 0 Å². The van der Waals surface area contributed by atoms with Gasteiger partial charge in [-0.25, -0.2) is 13.1 Å². The summed E-state index contributed by atoms with van der Waals surface area (Å²) in [4.78, 5) is 25.3. The van der Waals surface area contributed by atoms with Gasteiger partial charge in [0.05, 0.1) is 9.82 Å². The predicted molar refractivity (Wildman–Crippen MR) is 113 cm³/mol. The average molecular weight is 452 g/mol. The highest BCUT2D eigenvalue weighted by atomic mass is 35.5. The number of benzene rings is 2. The van der Waals surface area contributed by atoms with Crippen LogP contribution < -0.4 is 4.72 Å². The number of likely N-dealkylation sites (tertiary alicyclic amines) is 1. The van der Waals surface area contributed by atoms with Crippen LogP contribution >= 0.6 is 11.6 Å². The van der Waals surface area contributed by atoms with Crippen LogP contribution in [0, 0.1) is 23.0 Å². The van der Waals surface area contributed by atoms with Gasteiger partial charge in [0.25, 0.3) is 11.6 Å². The molecule has 0 bridgehead atoms. The first-order valence-corrected chi connectivity index (χ1v) is 11.3. The van der Waals surface area contributed by atoms with Crippen molar-refractivity contribution in [2.75, 3.05) is 19.6 Å². The summed E-state index contributed by atoms with van der Waals surface area (Å²) in [5.41, 5.74) is 0.603. The molecule has 1 unspecified atom stereocenters. The van der Waals surface area contributed by atoms with E-state index in [9.17, 15) is 23.3 Å². The highest BCUT2D eigenvalue weighted by molar-refractivity contribution is 7.89. The highest BCUT2D eigenvalue weighted by Crippen LogP contribution is 2.26. The summed E-state index contributed by atoms with van der Waals surface area (Å²) in [6, 6.07) is 10.5. The standard InChI is InChI=1S/C20H22ClN3O5S/c1-14-4-7-17(8-5-14)30(28,29)22-12-15-3-2-10-23(13-15)20(25)18-9-6-16(21)11-19(18)24(26)27/h4-9,11,15,22H,2-3,10,12-13H2,1H3. The highest BCUT2D eigenvalue weighted by Gasteiger charge is 2.29. The van der Waals surface area contributed by atoms with E-state index in [0.29, 0.717) is 19.5 Å². The number of nitrogens with zero attached hydrogens (tertiary/aromatic N) is 2. The molecule has 1 amide bonds. The number of hydrogen-bond acceptors (Lipinski definition) is 5. The summed E-state index contributed by atoms with van der Waals surface area (Å²) in [6.07, 6.45) is 1.44. The number of aryl methyl sites for hydroxylation is 1. The summed E-state index contributed by atoms with van der Waals surface area (Å²) in [7, 11) is -3.65. The van der Waals surface area contributed by atoms with E-state index in [1.807, 2.05) is 6.92 Å². The molecule has 30 heavy (non-hydrogen) atoms. The SMILES string of the molecule is Cc1ccc(S(=O)(=O)NCC2CCCN(C(=O)c3ccc(Cl)cc3[N+](=O)[O-])C2)cc1. The summed E-state index contributed by atoms with van der Waals surface area (Å²) in [5, 5.41) is 11.5. The van der Waals surface area contributed by atoms with Crippen LogP contribution in [0.25, 0.3) is 0 Å². The van der Waals surface area contributed by atoms with Crippen LogP contribution in [-0.2, 0) is 10.0 Å². The second kappa shape index (κ2) is 9.11. The maximum atomic E-state index is 12.9. The van der Waals surface area contributed by atoms with E-state index in [4.69, 9.17) is 11.6 Å². The van der Waals surface area contributed by atoms with Crippen LogP contribution in [-0.4, -0.2) is 43.8 Å². The summed E-state index contributed by atoms with van der Waals surface area (Å²) in [5.74, 6) is -0.543. The number of nitro groups is 1. The summed E-state index contributed by atoms with van der Waals surface area (Å²) < 4.78 is 27.6. The van der Waals surface area contributed by atoms with Crippen LogP contribution in [0.4, 0.5) is 5.69 Å². The lowest BCUT2D eigenvalue weighted by Gasteiger charge is -2.32. The zero-order valence-electron chi connectivity index (χ0n) is 16.4. The largest absolute Gasteiger partial charge is 0.338 e. The topological polar surface area (TPSA) is 110 Å². The molecule has 2 aromatic rings. The Kier molecular flexibility index (Phi) is 6.74. The first-order valence-electron chi connectivity index (χ1n) is 9.47. The fraction of sp³-hybridized carbons (Fsp3) is 0.350. The smallest absolute Gasteiger partial charge is 0.283 e. The molecule has 2 aromatic carbocycles. The molecule has 8 nitrogen and oxygen atoms in total. The molecule has 1 atom stereocenters. The first-order chi connectivity index (χ1) is 14.2. The van der Waals surface area contributed by atoms with Gasteiger partial charge in [0.1, 0.15) is 5.56 Å². The molecule has 0 aromatic heterocycles. The monoisotopic (exact) mass is 451 g/mol. The molecule has 3 rings (SSSR count). The molecule has 1 saturated heterocycles. The van der Waals surface area contributed by atoms with E-state index in [1.54, 1.807) is 24.3 Å². The maximum absolute atomic E-state index is 12.9. The lowest BCUT2D eigenvalue weighted by molar-refractivity contribution is -0.385. The lowest BCUT2D eigenvalue weighted by atomic mass is 9.97. The van der Waals surface area contributed by atoms with E-state index in [1.165, 1.54) is 17.0 Å². The average Bonchev–Trinajstić information content (AvgIpc) is 2.72. The number of nitro benzene ring substituents is 1. The summed E-state index contributed by atoms with van der Waals surface area (Å²) >= 11 is 5.82. The van der Waals surface area contributed by atoms with Gasteiger partial charge in [-0.05, 0) is 49.9 Å². The van der Waals surface area contributed by atoms with E-state index in [2.05, 4.69) is 4.72 Å². The van der Waals surface area contributed by atoms with Crippen LogP contribution in [0.5, 0.6) is 0 Å². The Morgan fingerprint density at radius 2 is 1.97 bits per heavy atom. The van der Waals surface area contributed by atoms with Gasteiger partial charge < -0.3 is 4.90 Å². The molecular weight excluding hydrogens is 430 g/mol. The van der Waals surface area contributed by atoms with Crippen molar-refractivity contribution >= 4 is 33.2 Å². The van der Waals surface area contributed by atoms with E-state index in [-0.39, 0.29) is 33.6 Å². The van der Waals surface area contributed by atoms with Gasteiger partial charge in [0, 0.05) is 30.7 Å². The van der Waals surface area contributed by atoms with Crippen molar-refractivity contribution in [3.63, 3.8) is 0 Å². The molecule has 1 aliphatic heterocycles. The third-order valence-corrected chi connectivity index (χ3v) is 6.76. The Balaban J connectivity index is 1.68. The van der Waals surface area contributed by atoms with Gasteiger partial charge in [-0.3, -0.25) is 14.9 Å². The number of piperidine rings is 1. The van der Waals surface area contributed by atoms with E-state index in [0.717, 1.165) is 18.1 Å². The third kappa shape index (κ3) is 5.16. The molecule has 0 radical (unpaired) electrons. The minimum atomic E-state index is -3.65. The number of hydrogen-bond donors (Lipinski definition) is 1. The van der Waals surface area contributed by atoms with E-state index < -0.39 is 20.9 Å². The lowest BCUT2D eigenvalue weighted by Crippen LogP contribution is -2.43. The number of sulfonamides is 1. The molecule has 0 spiro atoms. The Bertz CT molecular complexity index is 1060. The van der Waals surface area contributed by atoms with Crippen molar-refractivity contribution in [2.45, 2.75) is 24.7 Å². The van der Waals surface area contributed by atoms with Crippen molar-refractivity contribution in [3.05, 3.63) is 68.7 Å². The second-order valence-electron chi connectivity index (χ2n) is 7.34. The minimum Gasteiger partial charge on any atom is -0.338 e. The van der Waals surface area contributed by atoms with Gasteiger partial charge >= 0.3 is 0 Å².